The quantitative estimate of drug-likeness (QED) is 0.481. The van der Waals surface area contributed by atoms with Crippen molar-refractivity contribution in [2.75, 3.05) is 18.6 Å². The number of nitrogens with one attached hydrogen (secondary N) is 1. The first-order valence-corrected chi connectivity index (χ1v) is 10.3. The molecule has 1 saturated heterocycles. The number of benzene rings is 2. The van der Waals surface area contributed by atoms with Crippen LogP contribution in [0.2, 0.25) is 0 Å². The summed E-state index contributed by atoms with van der Waals surface area (Å²) in [6, 6.07) is 10.6. The minimum absolute atomic E-state index is 0.154. The average Bonchev–Trinajstić information content (AvgIpc) is 2.80. The van der Waals surface area contributed by atoms with Crippen molar-refractivity contribution in [2.24, 2.45) is 0 Å². The summed E-state index contributed by atoms with van der Waals surface area (Å²) < 4.78 is 10.3. The van der Waals surface area contributed by atoms with E-state index in [-0.39, 0.29) is 17.1 Å². The van der Waals surface area contributed by atoms with Gasteiger partial charge in [-0.05, 0) is 53.8 Å². The Hall–Kier alpha value is -4.14. The first-order valence-electron chi connectivity index (χ1n) is 10.3. The van der Waals surface area contributed by atoms with Gasteiger partial charge >= 0.3 is 6.03 Å². The fraction of sp³-hybridized carbons (Fsp3) is 0.250. The van der Waals surface area contributed by atoms with Gasteiger partial charge < -0.3 is 19.4 Å². The van der Waals surface area contributed by atoms with E-state index in [0.29, 0.717) is 17.2 Å². The predicted molar refractivity (Wildman–Crippen MR) is 118 cm³/mol. The minimum atomic E-state index is -1.39. The summed E-state index contributed by atoms with van der Waals surface area (Å²) in [6.45, 7) is 3.49. The molecule has 1 N–H and O–H groups in total. The molecule has 0 radical (unpaired) electrons. The molecule has 0 aliphatic carbocycles. The molecule has 1 atom stereocenters. The highest BCUT2D eigenvalue weighted by Crippen LogP contribution is 2.30. The lowest BCUT2D eigenvalue weighted by Gasteiger charge is -2.26. The summed E-state index contributed by atoms with van der Waals surface area (Å²) in [5.41, 5.74) is 1.58. The highest BCUT2D eigenvalue weighted by molar-refractivity contribution is 6.39. The lowest BCUT2D eigenvalue weighted by Crippen LogP contribution is -2.54. The maximum absolute atomic E-state index is 13.1. The van der Waals surface area contributed by atoms with Gasteiger partial charge in [0.2, 0.25) is 0 Å². The Morgan fingerprint density at radius 2 is 1.82 bits per heavy atom. The van der Waals surface area contributed by atoms with Crippen molar-refractivity contribution in [3.63, 3.8) is 0 Å². The van der Waals surface area contributed by atoms with Crippen LogP contribution >= 0.6 is 0 Å². The molecule has 9 heteroatoms. The lowest BCUT2D eigenvalue weighted by atomic mass is 9.98. The molecular weight excluding hydrogens is 428 g/mol. The molecule has 9 nitrogen and oxygen atoms in total. The summed E-state index contributed by atoms with van der Waals surface area (Å²) in [6.07, 6.45) is 2.26. The molecule has 1 aliphatic heterocycles. The number of hydrogen-bond donors (Lipinski definition) is 1. The van der Waals surface area contributed by atoms with Gasteiger partial charge in [0.25, 0.3) is 11.8 Å². The number of aliphatic carboxylic acids is 1. The molecule has 0 aromatic heterocycles. The molecule has 172 valence electrons. The van der Waals surface area contributed by atoms with Gasteiger partial charge in [-0.3, -0.25) is 14.9 Å². The van der Waals surface area contributed by atoms with Gasteiger partial charge in [0.15, 0.2) is 11.5 Å². The standard InChI is InChI=1S/C24H24N2O7/c1-4-14(2)16-6-8-17(9-7-16)26-23(30)18(22(29)25-24(26)31)11-15-5-10-19(20(12-15)32-3)33-13-21(27)28/h5-12,14H,4,13H2,1-3H3,(H,27,28)(H,25,29,31)/p-1/b18-11-/t14-/m0/s1. The van der Waals surface area contributed by atoms with Gasteiger partial charge in [-0.2, -0.15) is 0 Å². The zero-order chi connectivity index (χ0) is 24.1. The van der Waals surface area contributed by atoms with E-state index in [1.807, 2.05) is 12.1 Å². The van der Waals surface area contributed by atoms with E-state index in [1.165, 1.54) is 31.4 Å². The third-order valence-electron chi connectivity index (χ3n) is 5.28. The second-order valence-electron chi connectivity index (χ2n) is 7.43. The van der Waals surface area contributed by atoms with E-state index < -0.39 is 30.4 Å². The summed E-state index contributed by atoms with van der Waals surface area (Å²) in [7, 11) is 1.36. The molecule has 0 unspecified atom stereocenters. The second kappa shape index (κ2) is 9.99. The second-order valence-corrected chi connectivity index (χ2v) is 7.43. The predicted octanol–water partition coefficient (Wildman–Crippen LogP) is 2.00. The Bertz CT molecular complexity index is 1120. The Kier molecular flexibility index (Phi) is 7.12. The number of urea groups is 1. The summed E-state index contributed by atoms with van der Waals surface area (Å²) in [5, 5.41) is 12.8. The first kappa shape index (κ1) is 23.5. The van der Waals surface area contributed by atoms with Crippen molar-refractivity contribution in [1.82, 2.24) is 5.32 Å². The van der Waals surface area contributed by atoms with Gasteiger partial charge in [0.05, 0.1) is 18.8 Å². The minimum Gasteiger partial charge on any atom is -0.546 e. The number of barbiturate groups is 1. The molecule has 1 heterocycles. The van der Waals surface area contributed by atoms with E-state index in [0.717, 1.165) is 16.9 Å². The van der Waals surface area contributed by atoms with Gasteiger partial charge in [-0.15, -0.1) is 0 Å². The van der Waals surface area contributed by atoms with Crippen molar-refractivity contribution >= 4 is 35.6 Å². The van der Waals surface area contributed by atoms with Crippen LogP contribution < -0.4 is 24.8 Å². The smallest absolute Gasteiger partial charge is 0.335 e. The van der Waals surface area contributed by atoms with E-state index in [4.69, 9.17) is 9.47 Å². The first-order chi connectivity index (χ1) is 15.7. The van der Waals surface area contributed by atoms with Gasteiger partial charge in [-0.1, -0.05) is 32.0 Å². The number of nitrogens with zero attached hydrogens (tertiary/aromatic N) is 1. The third kappa shape index (κ3) is 5.20. The molecule has 1 aliphatic rings. The number of ether oxygens (including phenoxy) is 2. The number of imide groups is 2. The number of amides is 4. The van der Waals surface area contributed by atoms with E-state index in [9.17, 15) is 24.3 Å². The fourth-order valence-electron chi connectivity index (χ4n) is 3.28. The normalized spacial score (nSPS) is 15.9. The Labute approximate surface area is 190 Å². The Morgan fingerprint density at radius 1 is 1.12 bits per heavy atom. The molecule has 0 spiro atoms. The van der Waals surface area contributed by atoms with Crippen LogP contribution in [0.4, 0.5) is 10.5 Å². The van der Waals surface area contributed by atoms with Gasteiger partial charge in [0, 0.05) is 0 Å². The van der Waals surface area contributed by atoms with Crippen LogP contribution in [-0.2, 0) is 14.4 Å². The highest BCUT2D eigenvalue weighted by atomic mass is 16.5. The number of carboxylic acid groups (broad SMARTS) is 1. The Balaban J connectivity index is 1.91. The van der Waals surface area contributed by atoms with Crippen molar-refractivity contribution in [3.05, 3.63) is 59.2 Å². The monoisotopic (exact) mass is 451 g/mol. The topological polar surface area (TPSA) is 125 Å². The lowest BCUT2D eigenvalue weighted by molar-refractivity contribution is -0.307. The van der Waals surface area contributed by atoms with Crippen LogP contribution in [0.5, 0.6) is 11.5 Å². The van der Waals surface area contributed by atoms with Crippen LogP contribution in [-0.4, -0.2) is 37.5 Å². The molecule has 0 saturated carbocycles. The maximum atomic E-state index is 13.1. The van der Waals surface area contributed by atoms with Crippen molar-refractivity contribution in [1.29, 1.82) is 0 Å². The molecule has 2 aromatic carbocycles. The molecule has 33 heavy (non-hydrogen) atoms. The Morgan fingerprint density at radius 3 is 2.42 bits per heavy atom. The zero-order valence-electron chi connectivity index (χ0n) is 18.4. The van der Waals surface area contributed by atoms with Gasteiger partial charge in [0.1, 0.15) is 12.2 Å². The number of hydrogen-bond acceptors (Lipinski definition) is 7. The van der Waals surface area contributed by atoms with E-state index in [2.05, 4.69) is 19.2 Å². The van der Waals surface area contributed by atoms with Crippen molar-refractivity contribution in [2.45, 2.75) is 26.2 Å². The number of anilines is 1. The van der Waals surface area contributed by atoms with Crippen LogP contribution in [0, 0.1) is 0 Å². The molecule has 3 rings (SSSR count). The molecule has 1 fully saturated rings. The summed E-state index contributed by atoms with van der Waals surface area (Å²) in [5.74, 6) is -2.31. The van der Waals surface area contributed by atoms with Crippen molar-refractivity contribution in [3.8, 4) is 11.5 Å². The number of methoxy groups -OCH3 is 1. The van der Waals surface area contributed by atoms with Gasteiger partial charge in [-0.25, -0.2) is 9.69 Å². The number of carbonyl (C=O) groups excluding carboxylic acids is 4. The SMILES string of the molecule is CC[C@H](C)c1ccc(N2C(=O)NC(=O)/C(=C/c3ccc(OCC(=O)[O-])c(OC)c3)C2=O)cc1. The fourth-order valence-corrected chi connectivity index (χ4v) is 3.28. The third-order valence-corrected chi connectivity index (χ3v) is 5.28. The maximum Gasteiger partial charge on any atom is 0.335 e. The van der Waals surface area contributed by atoms with Crippen LogP contribution in [0.3, 0.4) is 0 Å². The highest BCUT2D eigenvalue weighted by Gasteiger charge is 2.36. The summed E-state index contributed by atoms with van der Waals surface area (Å²) >= 11 is 0. The van der Waals surface area contributed by atoms with Crippen LogP contribution in [0.15, 0.2) is 48.0 Å². The number of rotatable bonds is 8. The van der Waals surface area contributed by atoms with E-state index in [1.54, 1.807) is 12.1 Å². The van der Waals surface area contributed by atoms with Crippen LogP contribution in [0.1, 0.15) is 37.3 Å². The molecule has 0 bridgehead atoms. The molecule has 2 aromatic rings. The zero-order valence-corrected chi connectivity index (χ0v) is 18.4. The number of carboxylic acids is 1. The molecule has 4 amide bonds. The summed E-state index contributed by atoms with van der Waals surface area (Å²) in [4.78, 5) is 49.4. The number of carbonyl (C=O) groups is 4. The van der Waals surface area contributed by atoms with Crippen LogP contribution in [0.25, 0.3) is 6.08 Å². The van der Waals surface area contributed by atoms with E-state index >= 15 is 0 Å². The largest absolute Gasteiger partial charge is 0.546 e. The molecular formula is C24H23N2O7-. The van der Waals surface area contributed by atoms with Crippen molar-refractivity contribution < 1.29 is 33.8 Å². The average molecular weight is 451 g/mol.